The summed E-state index contributed by atoms with van der Waals surface area (Å²) < 4.78 is 0.909. The van der Waals surface area contributed by atoms with Crippen LogP contribution in [-0.2, 0) is 4.79 Å². The second-order valence-corrected chi connectivity index (χ2v) is 4.52. The zero-order valence-corrected chi connectivity index (χ0v) is 12.1. The molecule has 0 spiro atoms. The Labute approximate surface area is 110 Å². The van der Waals surface area contributed by atoms with Gasteiger partial charge in [-0.25, -0.2) is 0 Å². The molecular weight excluding hydrogens is 268 g/mol. The van der Waals surface area contributed by atoms with E-state index in [1.54, 1.807) is 6.92 Å². The fraction of sp³-hybridized carbons (Fsp3) is 0.583. The Morgan fingerprint density at radius 2 is 2.00 bits per heavy atom. The first-order chi connectivity index (χ1) is 6.89. The summed E-state index contributed by atoms with van der Waals surface area (Å²) in [6.07, 6.45) is 2.90. The summed E-state index contributed by atoms with van der Waals surface area (Å²) in [5, 5.41) is 2.82. The van der Waals surface area contributed by atoms with Crippen LogP contribution in [0.15, 0.2) is 24.8 Å². The average Bonchev–Trinajstić information content (AvgIpc) is 2.11. The van der Waals surface area contributed by atoms with Gasteiger partial charge in [-0.1, -0.05) is 13.2 Å². The van der Waals surface area contributed by atoms with E-state index in [1.165, 1.54) is 0 Å². The predicted octanol–water partition coefficient (Wildman–Crippen LogP) is -1.66. The molecule has 1 amide bonds. The summed E-state index contributed by atoms with van der Waals surface area (Å²) in [5.41, 5.74) is 0.565. The molecule has 0 rings (SSSR count). The van der Waals surface area contributed by atoms with Gasteiger partial charge in [0.1, 0.15) is 0 Å². The molecule has 0 saturated heterocycles. The van der Waals surface area contributed by atoms with E-state index in [2.05, 4.69) is 32.6 Å². The van der Waals surface area contributed by atoms with Gasteiger partial charge in [0, 0.05) is 18.5 Å². The molecule has 0 fully saturated rings. The Balaban J connectivity index is 0. The number of hydrogen-bond donors (Lipinski definition) is 1. The number of amides is 1. The van der Waals surface area contributed by atoms with Gasteiger partial charge >= 0.3 is 0 Å². The second-order valence-electron chi connectivity index (χ2n) is 4.52. The van der Waals surface area contributed by atoms with Crippen LogP contribution >= 0.6 is 0 Å². The van der Waals surface area contributed by atoms with Crippen LogP contribution in [0.5, 0.6) is 0 Å². The van der Waals surface area contributed by atoms with E-state index in [1.807, 2.05) is 6.08 Å². The van der Waals surface area contributed by atoms with E-state index in [0.717, 1.165) is 24.0 Å². The molecule has 0 aliphatic rings. The summed E-state index contributed by atoms with van der Waals surface area (Å²) in [4.78, 5) is 11.2. The molecule has 0 bridgehead atoms. The van der Waals surface area contributed by atoms with Crippen LogP contribution < -0.4 is 22.3 Å². The van der Waals surface area contributed by atoms with Crippen LogP contribution in [0.3, 0.4) is 0 Å². The Morgan fingerprint density at radius 3 is 2.44 bits per heavy atom. The zero-order chi connectivity index (χ0) is 11.9. The third kappa shape index (κ3) is 8.68. The molecule has 1 N–H and O–H groups in total. The lowest BCUT2D eigenvalue weighted by Gasteiger charge is -2.28. The third-order valence-corrected chi connectivity index (χ3v) is 2.24. The molecule has 0 atom stereocenters. The number of halogens is 1. The number of carbonyl (C=O) groups is 1. The second kappa shape index (κ2) is 8.53. The summed E-state index contributed by atoms with van der Waals surface area (Å²) in [6.45, 7) is 11.7. The summed E-state index contributed by atoms with van der Waals surface area (Å²) in [6, 6.07) is 0. The molecule has 0 unspecified atom stereocenters. The van der Waals surface area contributed by atoms with Gasteiger partial charge in [-0.3, -0.25) is 4.79 Å². The summed E-state index contributed by atoms with van der Waals surface area (Å²) >= 11 is 0. The van der Waals surface area contributed by atoms with Crippen molar-refractivity contribution >= 4 is 5.91 Å². The van der Waals surface area contributed by atoms with Crippen LogP contribution in [0, 0.1) is 0 Å². The molecule has 0 heterocycles. The number of likely N-dealkylation sites (N-methyl/N-ethyl adjacent to an activating group) is 1. The maximum absolute atomic E-state index is 11.2. The summed E-state index contributed by atoms with van der Waals surface area (Å²) in [5.74, 6) is -0.0518. The van der Waals surface area contributed by atoms with Gasteiger partial charge < -0.3 is 26.8 Å². The van der Waals surface area contributed by atoms with Crippen molar-refractivity contribution in [3.63, 3.8) is 0 Å². The van der Waals surface area contributed by atoms with Gasteiger partial charge in [0.2, 0.25) is 5.91 Å². The number of nitrogens with zero attached hydrogens (tertiary/aromatic N) is 1. The first kappa shape index (κ1) is 17.8. The highest BCUT2D eigenvalue weighted by Gasteiger charge is 2.11. The van der Waals surface area contributed by atoms with E-state index in [9.17, 15) is 4.79 Å². The maximum Gasteiger partial charge on any atom is 0.246 e. The van der Waals surface area contributed by atoms with Crippen LogP contribution in [0.4, 0.5) is 0 Å². The van der Waals surface area contributed by atoms with Crippen molar-refractivity contribution in [1.82, 2.24) is 5.32 Å². The Bertz CT molecular complexity index is 249. The van der Waals surface area contributed by atoms with E-state index in [-0.39, 0.29) is 22.9 Å². The van der Waals surface area contributed by atoms with Gasteiger partial charge in [0.25, 0.3) is 0 Å². The molecule has 0 aliphatic heterocycles. The zero-order valence-electron chi connectivity index (χ0n) is 10.6. The highest BCUT2D eigenvalue weighted by Crippen LogP contribution is 1.98. The first-order valence-corrected chi connectivity index (χ1v) is 5.25. The minimum Gasteiger partial charge on any atom is -1.00 e. The topological polar surface area (TPSA) is 29.1 Å². The largest absolute Gasteiger partial charge is 1.00 e. The van der Waals surface area contributed by atoms with Gasteiger partial charge in [-0.15, -0.1) is 0 Å². The number of carbonyl (C=O) groups excluding carboxylic acids is 1. The third-order valence-electron chi connectivity index (χ3n) is 2.24. The Kier molecular flexibility index (Phi) is 9.48. The predicted molar refractivity (Wildman–Crippen MR) is 64.5 cm³/mol. The van der Waals surface area contributed by atoms with Crippen LogP contribution in [0.2, 0.25) is 0 Å². The lowest BCUT2D eigenvalue weighted by atomic mass is 10.3. The molecule has 3 nitrogen and oxygen atoms in total. The van der Waals surface area contributed by atoms with Gasteiger partial charge in [-0.2, -0.15) is 0 Å². The van der Waals surface area contributed by atoms with Crippen LogP contribution in [0.25, 0.3) is 0 Å². The van der Waals surface area contributed by atoms with E-state index in [0.29, 0.717) is 12.1 Å². The smallest absolute Gasteiger partial charge is 0.246 e. The lowest BCUT2D eigenvalue weighted by Crippen LogP contribution is -3.00. The van der Waals surface area contributed by atoms with Crippen molar-refractivity contribution in [2.75, 3.05) is 33.7 Å². The molecule has 4 heteroatoms. The van der Waals surface area contributed by atoms with Crippen molar-refractivity contribution in [2.45, 2.75) is 13.3 Å². The molecule has 16 heavy (non-hydrogen) atoms. The maximum atomic E-state index is 11.2. The number of rotatable bonds is 7. The van der Waals surface area contributed by atoms with Crippen molar-refractivity contribution in [3.8, 4) is 0 Å². The molecule has 0 saturated carbocycles. The average molecular weight is 291 g/mol. The van der Waals surface area contributed by atoms with E-state index in [4.69, 9.17) is 0 Å². The molecular formula is C12H23BrN2O. The van der Waals surface area contributed by atoms with Gasteiger partial charge in [0.05, 0.1) is 27.2 Å². The van der Waals surface area contributed by atoms with Crippen molar-refractivity contribution in [1.29, 1.82) is 0 Å². The van der Waals surface area contributed by atoms with Gasteiger partial charge in [0.15, 0.2) is 0 Å². The van der Waals surface area contributed by atoms with E-state index >= 15 is 0 Å². The highest BCUT2D eigenvalue weighted by molar-refractivity contribution is 5.91. The molecule has 0 aliphatic carbocycles. The molecule has 0 radical (unpaired) electrons. The minimum atomic E-state index is -0.0518. The minimum absolute atomic E-state index is 0. The first-order valence-electron chi connectivity index (χ1n) is 5.25. The molecule has 0 aromatic rings. The molecule has 0 aromatic heterocycles. The standard InChI is InChI=1S/C12H22N2O.BrH/c1-6-9-14(4,5)10-7-8-13-12(15)11(2)3;/h6H,1-2,7-10H2,3-5H3;1H. The normalized spacial score (nSPS) is 10.2. The fourth-order valence-corrected chi connectivity index (χ4v) is 1.30. The Morgan fingerprint density at radius 1 is 1.44 bits per heavy atom. The lowest BCUT2D eigenvalue weighted by molar-refractivity contribution is -0.884. The molecule has 94 valence electrons. The monoisotopic (exact) mass is 290 g/mol. The van der Waals surface area contributed by atoms with Crippen LogP contribution in [-0.4, -0.2) is 44.1 Å². The number of nitrogens with one attached hydrogen (secondary N) is 1. The number of quaternary nitrogens is 1. The van der Waals surface area contributed by atoms with Crippen molar-refractivity contribution < 1.29 is 26.3 Å². The fourth-order valence-electron chi connectivity index (χ4n) is 1.30. The SMILES string of the molecule is C=CC[N+](C)(C)CCCNC(=O)C(=C)C.[Br-]. The van der Waals surface area contributed by atoms with Crippen molar-refractivity contribution in [3.05, 3.63) is 24.8 Å². The van der Waals surface area contributed by atoms with Crippen molar-refractivity contribution in [2.24, 2.45) is 0 Å². The van der Waals surface area contributed by atoms with E-state index < -0.39 is 0 Å². The Hall–Kier alpha value is -0.610. The quantitative estimate of drug-likeness (QED) is 0.259. The van der Waals surface area contributed by atoms with Crippen LogP contribution in [0.1, 0.15) is 13.3 Å². The van der Waals surface area contributed by atoms with Gasteiger partial charge in [-0.05, 0) is 13.0 Å². The summed E-state index contributed by atoms with van der Waals surface area (Å²) in [7, 11) is 4.31. The highest BCUT2D eigenvalue weighted by atomic mass is 79.9. The number of hydrogen-bond acceptors (Lipinski definition) is 1. The molecule has 0 aromatic carbocycles.